The van der Waals surface area contributed by atoms with Gasteiger partial charge in [0, 0.05) is 5.92 Å². The van der Waals surface area contributed by atoms with Crippen molar-refractivity contribution in [3.8, 4) is 12.1 Å². The Morgan fingerprint density at radius 1 is 1.22 bits per heavy atom. The average molecular weight is 308 g/mol. The summed E-state index contributed by atoms with van der Waals surface area (Å²) in [6, 6.07) is 12.5. The highest BCUT2D eigenvalue weighted by molar-refractivity contribution is 6.00. The van der Waals surface area contributed by atoms with Gasteiger partial charge in [-0.25, -0.2) is 4.99 Å². The molecule has 1 aromatic carbocycles. The minimum atomic E-state index is -1.45. The second-order valence-corrected chi connectivity index (χ2v) is 6.14. The van der Waals surface area contributed by atoms with Gasteiger partial charge in [0.15, 0.2) is 5.41 Å². The van der Waals surface area contributed by atoms with E-state index >= 15 is 0 Å². The largest absolute Gasteiger partial charge is 0.386 e. The zero-order valence-electron chi connectivity index (χ0n) is 12.7. The molecule has 3 unspecified atom stereocenters. The van der Waals surface area contributed by atoms with Gasteiger partial charge in [-0.3, -0.25) is 0 Å². The van der Waals surface area contributed by atoms with Crippen LogP contribution < -0.4 is 5.73 Å². The molecule has 116 valence electrons. The van der Waals surface area contributed by atoms with E-state index in [1.165, 1.54) is 5.56 Å². The van der Waals surface area contributed by atoms with Crippen molar-refractivity contribution in [2.24, 2.45) is 21.6 Å². The Kier molecular flexibility index (Phi) is 2.67. The molecule has 0 amide bonds. The number of nitrogens with zero attached hydrogens (tertiary/aromatic N) is 3. The van der Waals surface area contributed by atoms with E-state index in [1.54, 1.807) is 0 Å². The Morgan fingerprint density at radius 3 is 2.39 bits per heavy atom. The fourth-order valence-corrected chi connectivity index (χ4v) is 4.16. The van der Waals surface area contributed by atoms with Crippen molar-refractivity contribution in [1.29, 1.82) is 10.5 Å². The molecule has 0 aromatic heterocycles. The fraction of sp³-hybridized carbons (Fsp3) is 0.471. The predicted molar refractivity (Wildman–Crippen MR) is 80.9 cm³/mol. The molecule has 23 heavy (non-hydrogen) atoms. The van der Waals surface area contributed by atoms with Crippen molar-refractivity contribution in [3.63, 3.8) is 0 Å². The molecule has 1 spiro atoms. The Hall–Kier alpha value is -2.41. The number of rotatable bonds is 2. The number of benzene rings is 1. The number of aryl methyl sites for hydroxylation is 1. The summed E-state index contributed by atoms with van der Waals surface area (Å²) < 4.78 is 11.4. The number of fused-ring (bicyclic) bond motifs is 2. The highest BCUT2D eigenvalue weighted by Gasteiger charge is 2.94. The first-order valence-corrected chi connectivity index (χ1v) is 7.67. The highest BCUT2D eigenvalue weighted by atomic mass is 16.8. The van der Waals surface area contributed by atoms with E-state index in [0.29, 0.717) is 13.2 Å². The number of aliphatic imine (C=N–C) groups is 1. The molecule has 1 aromatic rings. The zero-order valence-corrected chi connectivity index (χ0v) is 12.7. The van der Waals surface area contributed by atoms with Gasteiger partial charge in [0.2, 0.25) is 0 Å². The van der Waals surface area contributed by atoms with Gasteiger partial charge >= 0.3 is 0 Å². The SMILES string of the molecule is CCc1ccc(C2C3(C#N)C(N)=NC4(OCCO4)C23C#N)cc1. The maximum Gasteiger partial charge on any atom is 0.293 e. The third kappa shape index (κ3) is 1.33. The standard InChI is InChI=1S/C17H16N4O2/c1-2-11-3-5-12(6-4-11)13-15(9-18)14(20)21-17(16(13,15)10-19)22-7-8-23-17/h3-6,13H,2,7-8H2,1H3,(H2,20,21). The number of nitrogens with two attached hydrogens (primary N) is 1. The predicted octanol–water partition coefficient (Wildman–Crippen LogP) is 1.44. The minimum absolute atomic E-state index is 0.132. The molecule has 3 aliphatic rings. The van der Waals surface area contributed by atoms with E-state index in [1.807, 2.05) is 24.3 Å². The molecule has 2 N–H and O–H groups in total. The van der Waals surface area contributed by atoms with Crippen LogP contribution in [-0.2, 0) is 15.9 Å². The average Bonchev–Trinajstić information content (AvgIpc) is 2.83. The van der Waals surface area contributed by atoms with Crippen LogP contribution in [0.15, 0.2) is 29.3 Å². The summed E-state index contributed by atoms with van der Waals surface area (Å²) in [6.45, 7) is 2.75. The van der Waals surface area contributed by atoms with Gasteiger partial charge in [-0.2, -0.15) is 10.5 Å². The third-order valence-corrected chi connectivity index (χ3v) is 5.33. The third-order valence-electron chi connectivity index (χ3n) is 5.33. The van der Waals surface area contributed by atoms with E-state index in [0.717, 1.165) is 12.0 Å². The van der Waals surface area contributed by atoms with Crippen molar-refractivity contribution < 1.29 is 9.47 Å². The number of amidine groups is 1. The molecular weight excluding hydrogens is 292 g/mol. The maximum atomic E-state index is 9.95. The van der Waals surface area contributed by atoms with Gasteiger partial charge < -0.3 is 15.2 Å². The Labute approximate surface area is 134 Å². The number of hydrogen-bond donors (Lipinski definition) is 1. The smallest absolute Gasteiger partial charge is 0.293 e. The Bertz CT molecular complexity index is 782. The minimum Gasteiger partial charge on any atom is -0.386 e. The summed E-state index contributed by atoms with van der Waals surface area (Å²) in [6.07, 6.45) is 0.928. The van der Waals surface area contributed by atoms with Crippen LogP contribution in [0, 0.1) is 33.5 Å². The van der Waals surface area contributed by atoms with Crippen LogP contribution in [0.5, 0.6) is 0 Å². The highest BCUT2D eigenvalue weighted by Crippen LogP contribution is 2.82. The molecule has 2 fully saturated rings. The van der Waals surface area contributed by atoms with Crippen molar-refractivity contribution in [2.75, 3.05) is 13.2 Å². The fourth-order valence-electron chi connectivity index (χ4n) is 4.16. The second kappa shape index (κ2) is 4.32. The van der Waals surface area contributed by atoms with Crippen LogP contribution in [0.4, 0.5) is 0 Å². The summed E-state index contributed by atoms with van der Waals surface area (Å²) in [7, 11) is 0. The summed E-state index contributed by atoms with van der Waals surface area (Å²) in [4.78, 5) is 4.25. The summed E-state index contributed by atoms with van der Waals surface area (Å²) >= 11 is 0. The van der Waals surface area contributed by atoms with Gasteiger partial charge in [-0.1, -0.05) is 31.2 Å². The van der Waals surface area contributed by atoms with Crippen LogP contribution >= 0.6 is 0 Å². The lowest BCUT2D eigenvalue weighted by molar-refractivity contribution is -0.184. The van der Waals surface area contributed by atoms with Crippen molar-refractivity contribution in [3.05, 3.63) is 35.4 Å². The monoisotopic (exact) mass is 308 g/mol. The lowest BCUT2D eigenvalue weighted by Crippen LogP contribution is -2.38. The van der Waals surface area contributed by atoms with Crippen LogP contribution in [0.25, 0.3) is 0 Å². The molecule has 3 atom stereocenters. The van der Waals surface area contributed by atoms with Crippen molar-refractivity contribution >= 4 is 5.84 Å². The van der Waals surface area contributed by atoms with Gasteiger partial charge in [0.05, 0.1) is 25.4 Å². The molecule has 1 saturated heterocycles. The number of ether oxygens (including phenoxy) is 2. The quantitative estimate of drug-likeness (QED) is 0.890. The lowest BCUT2D eigenvalue weighted by atomic mass is 9.93. The normalized spacial score (nSPS) is 36.1. The Morgan fingerprint density at radius 2 is 1.87 bits per heavy atom. The number of nitriles is 2. The number of hydrogen-bond acceptors (Lipinski definition) is 6. The first kappa shape index (κ1) is 14.2. The van der Waals surface area contributed by atoms with Crippen LogP contribution in [0.1, 0.15) is 24.0 Å². The van der Waals surface area contributed by atoms with Crippen LogP contribution in [0.3, 0.4) is 0 Å². The van der Waals surface area contributed by atoms with E-state index in [-0.39, 0.29) is 5.84 Å². The Balaban J connectivity index is 1.87. The topological polar surface area (TPSA) is 104 Å². The van der Waals surface area contributed by atoms with Gasteiger partial charge in [0.1, 0.15) is 11.3 Å². The molecule has 6 heteroatoms. The molecular formula is C17H16N4O2. The molecule has 1 aliphatic carbocycles. The first-order valence-electron chi connectivity index (χ1n) is 7.67. The van der Waals surface area contributed by atoms with Crippen molar-refractivity contribution in [2.45, 2.75) is 25.2 Å². The molecule has 0 bridgehead atoms. The summed E-state index contributed by atoms with van der Waals surface area (Å²) in [5, 5.41) is 19.8. The van der Waals surface area contributed by atoms with Gasteiger partial charge in [0.25, 0.3) is 5.91 Å². The summed E-state index contributed by atoms with van der Waals surface area (Å²) in [5.74, 6) is -1.71. The molecule has 6 nitrogen and oxygen atoms in total. The van der Waals surface area contributed by atoms with E-state index in [4.69, 9.17) is 15.2 Å². The molecule has 2 aliphatic heterocycles. The summed E-state index contributed by atoms with van der Waals surface area (Å²) in [5.41, 5.74) is 5.77. The zero-order chi connectivity index (χ0) is 16.3. The molecule has 4 rings (SSSR count). The lowest BCUT2D eigenvalue weighted by Gasteiger charge is -2.25. The van der Waals surface area contributed by atoms with Gasteiger partial charge in [-0.05, 0) is 17.5 Å². The second-order valence-electron chi connectivity index (χ2n) is 6.14. The van der Waals surface area contributed by atoms with Gasteiger partial charge in [-0.15, -0.1) is 0 Å². The van der Waals surface area contributed by atoms with E-state index < -0.39 is 22.7 Å². The van der Waals surface area contributed by atoms with E-state index in [2.05, 4.69) is 24.1 Å². The molecule has 2 heterocycles. The van der Waals surface area contributed by atoms with E-state index in [9.17, 15) is 10.5 Å². The van der Waals surface area contributed by atoms with Crippen LogP contribution in [0.2, 0.25) is 0 Å². The first-order chi connectivity index (χ1) is 11.1. The maximum absolute atomic E-state index is 9.95. The molecule has 1 saturated carbocycles. The van der Waals surface area contributed by atoms with Crippen LogP contribution in [-0.4, -0.2) is 25.0 Å². The molecule has 0 radical (unpaired) electrons. The van der Waals surface area contributed by atoms with Crippen molar-refractivity contribution in [1.82, 2.24) is 0 Å².